The van der Waals surface area contributed by atoms with Crippen molar-refractivity contribution in [3.8, 4) is 17.2 Å². The van der Waals surface area contributed by atoms with E-state index in [1.54, 1.807) is 42.1 Å². The van der Waals surface area contributed by atoms with Crippen LogP contribution in [0.25, 0.3) is 0 Å². The minimum Gasteiger partial charge on any atom is -0.504 e. The summed E-state index contributed by atoms with van der Waals surface area (Å²) >= 11 is 0. The van der Waals surface area contributed by atoms with Gasteiger partial charge in [0.25, 0.3) is 0 Å². The van der Waals surface area contributed by atoms with E-state index in [2.05, 4.69) is 20.7 Å². The molecule has 2 heterocycles. The first-order valence-corrected chi connectivity index (χ1v) is 9.50. The number of phenolic OH excluding ortho intramolecular Hbond substituents is 1. The number of methoxy groups -OCH3 is 2. The highest BCUT2D eigenvalue weighted by atomic mass is 16.5. The molecule has 0 aliphatic carbocycles. The lowest BCUT2D eigenvalue weighted by atomic mass is 9.85. The predicted octanol–water partition coefficient (Wildman–Crippen LogP) is 2.66. The Kier molecular flexibility index (Phi) is 5.18. The van der Waals surface area contributed by atoms with Crippen LogP contribution in [0.5, 0.6) is 17.2 Å². The van der Waals surface area contributed by atoms with Crippen molar-refractivity contribution in [1.29, 1.82) is 0 Å². The second-order valence-electron chi connectivity index (χ2n) is 7.05. The number of hydrogen-bond acceptors (Lipinski definition) is 7. The Bertz CT molecular complexity index is 1070. The first kappa shape index (κ1) is 19.6. The minimum absolute atomic E-state index is 0.0251. The third-order valence-corrected chi connectivity index (χ3v) is 5.29. The molecule has 9 heteroatoms. The van der Waals surface area contributed by atoms with Crippen molar-refractivity contribution in [2.75, 3.05) is 24.9 Å². The number of ether oxygens (including phenoxy) is 2. The molecule has 2 aromatic carbocycles. The van der Waals surface area contributed by atoms with E-state index in [1.165, 1.54) is 13.4 Å². The first-order chi connectivity index (χ1) is 14.5. The van der Waals surface area contributed by atoms with E-state index in [1.807, 2.05) is 19.1 Å². The second-order valence-corrected chi connectivity index (χ2v) is 7.05. The van der Waals surface area contributed by atoms with Gasteiger partial charge in [0.1, 0.15) is 12.1 Å². The Balaban J connectivity index is 1.75. The largest absolute Gasteiger partial charge is 0.504 e. The number of benzene rings is 2. The van der Waals surface area contributed by atoms with E-state index in [0.717, 1.165) is 5.56 Å². The molecule has 1 aliphatic heterocycles. The molecule has 0 saturated carbocycles. The number of nitrogens with one attached hydrogen (secondary N) is 2. The smallest absolute Gasteiger partial charge is 0.232 e. The summed E-state index contributed by atoms with van der Waals surface area (Å²) in [6.07, 6.45) is 1.44. The van der Waals surface area contributed by atoms with E-state index in [-0.39, 0.29) is 17.7 Å². The minimum atomic E-state index is -0.529. The lowest BCUT2D eigenvalue weighted by molar-refractivity contribution is -0.121. The van der Waals surface area contributed by atoms with Crippen LogP contribution in [-0.2, 0) is 4.79 Å². The van der Waals surface area contributed by atoms with Crippen molar-refractivity contribution >= 4 is 17.5 Å². The number of nitrogens with zero attached hydrogens (tertiary/aromatic N) is 3. The average molecular weight is 409 g/mol. The topological polar surface area (TPSA) is 111 Å². The highest BCUT2D eigenvalue weighted by molar-refractivity contribution is 5.95. The van der Waals surface area contributed by atoms with Crippen molar-refractivity contribution < 1.29 is 19.4 Å². The standard InChI is InChI=1S/C21H23N5O4/c1-12-18(20(28)25-14-6-4-5-7-16(14)29-2)19(26-21(24-12)22-11-23-26)13-8-9-15(27)17(10-13)30-3/h4-12,18-19,27H,1-3H3,(H,25,28)(H,22,23,24)/t12-,18+,19+/m0/s1. The number of aromatic hydroxyl groups is 1. The normalized spacial score (nSPS) is 20.0. The number of carbonyl (C=O) groups is 1. The monoisotopic (exact) mass is 409 g/mol. The lowest BCUT2D eigenvalue weighted by Crippen LogP contribution is -2.46. The molecule has 30 heavy (non-hydrogen) atoms. The molecule has 0 unspecified atom stereocenters. The number of amides is 1. The summed E-state index contributed by atoms with van der Waals surface area (Å²) in [5, 5.41) is 20.6. The average Bonchev–Trinajstić information content (AvgIpc) is 3.21. The summed E-state index contributed by atoms with van der Waals surface area (Å²) in [7, 11) is 3.04. The van der Waals surface area contributed by atoms with E-state index < -0.39 is 12.0 Å². The zero-order valence-electron chi connectivity index (χ0n) is 16.9. The molecular weight excluding hydrogens is 386 g/mol. The van der Waals surface area contributed by atoms with Crippen LogP contribution in [-0.4, -0.2) is 46.0 Å². The van der Waals surface area contributed by atoms with E-state index in [9.17, 15) is 9.90 Å². The molecule has 0 radical (unpaired) electrons. The molecule has 1 aromatic heterocycles. The summed E-state index contributed by atoms with van der Waals surface area (Å²) < 4.78 is 12.3. The molecule has 1 aliphatic rings. The van der Waals surface area contributed by atoms with Gasteiger partial charge in [0.15, 0.2) is 11.5 Å². The maximum absolute atomic E-state index is 13.4. The van der Waals surface area contributed by atoms with Gasteiger partial charge in [-0.1, -0.05) is 18.2 Å². The van der Waals surface area contributed by atoms with Gasteiger partial charge in [-0.25, -0.2) is 4.68 Å². The first-order valence-electron chi connectivity index (χ1n) is 9.50. The van der Waals surface area contributed by atoms with Gasteiger partial charge in [0, 0.05) is 6.04 Å². The fourth-order valence-corrected chi connectivity index (χ4v) is 3.84. The Hall–Kier alpha value is -3.75. The van der Waals surface area contributed by atoms with Crippen LogP contribution in [0.3, 0.4) is 0 Å². The third kappa shape index (κ3) is 3.38. The molecule has 1 amide bonds. The molecule has 0 bridgehead atoms. The number of para-hydroxylation sites is 2. The van der Waals surface area contributed by atoms with Crippen LogP contribution in [0.2, 0.25) is 0 Å². The van der Waals surface area contributed by atoms with Crippen LogP contribution in [0.1, 0.15) is 18.5 Å². The number of carbonyl (C=O) groups excluding carboxylic acids is 1. The number of rotatable bonds is 5. The molecule has 0 fully saturated rings. The summed E-state index contributed by atoms with van der Waals surface area (Å²) in [5.74, 6) is 0.768. The van der Waals surface area contributed by atoms with Gasteiger partial charge < -0.3 is 25.2 Å². The van der Waals surface area contributed by atoms with Gasteiger partial charge in [-0.2, -0.15) is 10.1 Å². The SMILES string of the molecule is COc1cc([C@@H]2[C@H](C(=O)Nc3ccccc3OC)[C@H](C)Nc3ncnn32)ccc1O. The van der Waals surface area contributed by atoms with Crippen molar-refractivity contribution in [2.45, 2.75) is 19.0 Å². The molecule has 4 rings (SSSR count). The Morgan fingerprint density at radius 1 is 1.17 bits per heavy atom. The molecule has 0 saturated heterocycles. The molecule has 3 N–H and O–H groups in total. The third-order valence-electron chi connectivity index (χ3n) is 5.29. The van der Waals surface area contributed by atoms with E-state index >= 15 is 0 Å². The summed E-state index contributed by atoms with van der Waals surface area (Å²) in [6.45, 7) is 1.93. The quantitative estimate of drug-likeness (QED) is 0.594. The molecule has 0 spiro atoms. The zero-order chi connectivity index (χ0) is 21.3. The van der Waals surface area contributed by atoms with Crippen molar-refractivity contribution in [2.24, 2.45) is 5.92 Å². The summed E-state index contributed by atoms with van der Waals surface area (Å²) in [4.78, 5) is 17.7. The fraction of sp³-hybridized carbons (Fsp3) is 0.286. The number of anilines is 2. The zero-order valence-corrected chi connectivity index (χ0v) is 16.9. The summed E-state index contributed by atoms with van der Waals surface area (Å²) in [5.41, 5.74) is 1.36. The highest BCUT2D eigenvalue weighted by Crippen LogP contribution is 2.39. The molecule has 156 valence electrons. The molecule has 9 nitrogen and oxygen atoms in total. The van der Waals surface area contributed by atoms with Crippen LogP contribution >= 0.6 is 0 Å². The van der Waals surface area contributed by atoms with Crippen LogP contribution in [0.15, 0.2) is 48.8 Å². The number of fused-ring (bicyclic) bond motifs is 1. The van der Waals surface area contributed by atoms with Crippen molar-refractivity contribution in [1.82, 2.24) is 14.8 Å². The lowest BCUT2D eigenvalue weighted by Gasteiger charge is -2.37. The molecule has 3 aromatic rings. The molecule has 3 atom stereocenters. The van der Waals surface area contributed by atoms with Gasteiger partial charge in [-0.3, -0.25) is 4.79 Å². The van der Waals surface area contributed by atoms with Gasteiger partial charge >= 0.3 is 0 Å². The van der Waals surface area contributed by atoms with E-state index in [4.69, 9.17) is 9.47 Å². The Labute approximate surface area is 173 Å². The predicted molar refractivity (Wildman–Crippen MR) is 111 cm³/mol. The van der Waals surface area contributed by atoms with Crippen LogP contribution in [0, 0.1) is 5.92 Å². The van der Waals surface area contributed by atoms with Crippen LogP contribution < -0.4 is 20.1 Å². The van der Waals surface area contributed by atoms with Gasteiger partial charge in [-0.05, 0) is 36.8 Å². The van der Waals surface area contributed by atoms with Crippen molar-refractivity contribution in [3.63, 3.8) is 0 Å². The van der Waals surface area contributed by atoms with Gasteiger partial charge in [-0.15, -0.1) is 0 Å². The maximum Gasteiger partial charge on any atom is 0.232 e. The number of hydrogen-bond donors (Lipinski definition) is 3. The molecular formula is C21H23N5O4. The number of aromatic nitrogens is 3. The maximum atomic E-state index is 13.4. The fourth-order valence-electron chi connectivity index (χ4n) is 3.84. The van der Waals surface area contributed by atoms with Gasteiger partial charge in [0.05, 0.1) is 31.9 Å². The van der Waals surface area contributed by atoms with Crippen LogP contribution in [0.4, 0.5) is 11.6 Å². The van der Waals surface area contributed by atoms with E-state index in [0.29, 0.717) is 23.1 Å². The Morgan fingerprint density at radius 2 is 1.93 bits per heavy atom. The van der Waals surface area contributed by atoms with Gasteiger partial charge in [0.2, 0.25) is 11.9 Å². The second kappa shape index (κ2) is 7.94. The van der Waals surface area contributed by atoms with Crippen molar-refractivity contribution in [3.05, 3.63) is 54.4 Å². The highest BCUT2D eigenvalue weighted by Gasteiger charge is 2.41. The number of phenols is 1. The Morgan fingerprint density at radius 3 is 2.70 bits per heavy atom. The summed E-state index contributed by atoms with van der Waals surface area (Å²) in [6, 6.07) is 11.6.